The molecule has 1 aromatic rings. The molecule has 9 heteroatoms. The highest BCUT2D eigenvalue weighted by Crippen LogP contribution is 2.23. The molecule has 0 bridgehead atoms. The average Bonchev–Trinajstić information content (AvgIpc) is 2.48. The van der Waals surface area contributed by atoms with E-state index in [2.05, 4.69) is 10.1 Å². The summed E-state index contributed by atoms with van der Waals surface area (Å²) in [5.74, 6) is -0.649. The number of nitrogens with one attached hydrogen (secondary N) is 1. The zero-order valence-electron chi connectivity index (χ0n) is 15.0. The third-order valence-corrected chi connectivity index (χ3v) is 4.14. The Hall–Kier alpha value is -2.29. The molecule has 1 N–H and O–H groups in total. The number of ether oxygens (including phenoxy) is 2. The molecule has 1 aromatic carbocycles. The summed E-state index contributed by atoms with van der Waals surface area (Å²) in [7, 11) is -2.47. The third kappa shape index (κ3) is 6.61. The minimum atomic E-state index is -3.68. The Bertz CT molecular complexity index is 724. The molecule has 0 radical (unpaired) electrons. The van der Waals surface area contributed by atoms with Gasteiger partial charge in [0.1, 0.15) is 5.60 Å². The molecule has 0 spiro atoms. The van der Waals surface area contributed by atoms with Crippen molar-refractivity contribution in [2.24, 2.45) is 0 Å². The van der Waals surface area contributed by atoms with Gasteiger partial charge in [-0.15, -0.1) is 0 Å². The molecule has 140 valence electrons. The molecular formula is C16H24N2O6S. The fourth-order valence-electron chi connectivity index (χ4n) is 2.01. The zero-order chi connectivity index (χ0) is 19.3. The van der Waals surface area contributed by atoms with Crippen molar-refractivity contribution >= 4 is 27.8 Å². The highest BCUT2D eigenvalue weighted by atomic mass is 32.2. The molecule has 0 aliphatic heterocycles. The van der Waals surface area contributed by atoms with Crippen LogP contribution in [0.5, 0.6) is 0 Å². The second-order valence-electron chi connectivity index (χ2n) is 6.27. The molecule has 0 unspecified atom stereocenters. The highest BCUT2D eigenvalue weighted by Gasteiger charge is 2.24. The van der Waals surface area contributed by atoms with Gasteiger partial charge in [0.2, 0.25) is 10.0 Å². The van der Waals surface area contributed by atoms with Crippen LogP contribution in [0.3, 0.4) is 0 Å². The molecule has 1 rings (SSSR count). The SMILES string of the molecule is COC(=O)c1ccccc1N(CCNC(=O)OC(C)(C)C)S(C)(=O)=O. The first-order valence-corrected chi connectivity index (χ1v) is 9.42. The van der Waals surface area contributed by atoms with Crippen molar-refractivity contribution in [3.8, 4) is 0 Å². The van der Waals surface area contributed by atoms with Crippen LogP contribution in [-0.2, 0) is 19.5 Å². The number of esters is 1. The molecule has 0 aromatic heterocycles. The van der Waals surface area contributed by atoms with Crippen molar-refractivity contribution in [1.29, 1.82) is 0 Å². The van der Waals surface area contributed by atoms with Gasteiger partial charge in [-0.1, -0.05) is 12.1 Å². The van der Waals surface area contributed by atoms with Crippen molar-refractivity contribution in [2.45, 2.75) is 26.4 Å². The fourth-order valence-corrected chi connectivity index (χ4v) is 2.95. The maximum absolute atomic E-state index is 12.1. The maximum Gasteiger partial charge on any atom is 0.407 e. The smallest absolute Gasteiger partial charge is 0.407 e. The van der Waals surface area contributed by atoms with E-state index in [9.17, 15) is 18.0 Å². The summed E-state index contributed by atoms with van der Waals surface area (Å²) in [4.78, 5) is 23.5. The van der Waals surface area contributed by atoms with Gasteiger partial charge in [0.05, 0.1) is 31.2 Å². The Labute approximate surface area is 148 Å². The number of hydrogen-bond acceptors (Lipinski definition) is 6. The number of carbonyl (C=O) groups is 2. The topological polar surface area (TPSA) is 102 Å². The first kappa shape index (κ1) is 20.8. The molecule has 0 saturated carbocycles. The summed E-state index contributed by atoms with van der Waals surface area (Å²) in [6, 6.07) is 6.19. The van der Waals surface area contributed by atoms with E-state index >= 15 is 0 Å². The third-order valence-electron chi connectivity index (χ3n) is 2.96. The summed E-state index contributed by atoms with van der Waals surface area (Å²) < 4.78 is 35.1. The molecule has 25 heavy (non-hydrogen) atoms. The number of sulfonamides is 1. The summed E-state index contributed by atoms with van der Waals surface area (Å²) in [5, 5.41) is 2.49. The second-order valence-corrected chi connectivity index (χ2v) is 8.18. The Kier molecular flexibility index (Phi) is 6.80. The van der Waals surface area contributed by atoms with Gasteiger partial charge in [0.15, 0.2) is 0 Å². The van der Waals surface area contributed by atoms with Gasteiger partial charge in [-0.3, -0.25) is 4.31 Å². The van der Waals surface area contributed by atoms with E-state index in [0.717, 1.165) is 10.6 Å². The molecule has 0 heterocycles. The number of carbonyl (C=O) groups excluding carboxylic acids is 2. The second kappa shape index (κ2) is 8.19. The van der Waals surface area contributed by atoms with Crippen LogP contribution < -0.4 is 9.62 Å². The normalized spacial score (nSPS) is 11.6. The lowest BCUT2D eigenvalue weighted by Gasteiger charge is -2.25. The average molecular weight is 372 g/mol. The summed E-state index contributed by atoms with van der Waals surface area (Å²) in [6.07, 6.45) is 0.372. The first-order valence-electron chi connectivity index (χ1n) is 7.57. The minimum Gasteiger partial charge on any atom is -0.465 e. The van der Waals surface area contributed by atoms with Crippen LogP contribution in [0.4, 0.5) is 10.5 Å². The van der Waals surface area contributed by atoms with Crippen LogP contribution in [0, 0.1) is 0 Å². The Balaban J connectivity index is 2.95. The van der Waals surface area contributed by atoms with E-state index in [1.807, 2.05) is 0 Å². The molecule has 0 atom stereocenters. The van der Waals surface area contributed by atoms with Crippen molar-refractivity contribution in [3.05, 3.63) is 29.8 Å². The van der Waals surface area contributed by atoms with Crippen molar-refractivity contribution in [3.63, 3.8) is 0 Å². The van der Waals surface area contributed by atoms with E-state index in [-0.39, 0.29) is 24.3 Å². The fraction of sp³-hybridized carbons (Fsp3) is 0.500. The van der Waals surface area contributed by atoms with Crippen LogP contribution >= 0.6 is 0 Å². The van der Waals surface area contributed by atoms with Gasteiger partial charge in [-0.25, -0.2) is 18.0 Å². The summed E-state index contributed by atoms with van der Waals surface area (Å²) >= 11 is 0. The number of benzene rings is 1. The van der Waals surface area contributed by atoms with Crippen molar-refractivity contribution < 1.29 is 27.5 Å². The van der Waals surface area contributed by atoms with Crippen LogP contribution in [0.1, 0.15) is 31.1 Å². The van der Waals surface area contributed by atoms with E-state index < -0.39 is 27.7 Å². The van der Waals surface area contributed by atoms with Crippen LogP contribution in [-0.4, -0.2) is 52.5 Å². The number of para-hydroxylation sites is 1. The van der Waals surface area contributed by atoms with Gasteiger partial charge in [0.25, 0.3) is 0 Å². The first-order chi connectivity index (χ1) is 11.5. The van der Waals surface area contributed by atoms with Gasteiger partial charge in [-0.2, -0.15) is 0 Å². The Morgan fingerprint density at radius 2 is 1.80 bits per heavy atom. The van der Waals surface area contributed by atoms with E-state index in [1.165, 1.54) is 19.2 Å². The Morgan fingerprint density at radius 3 is 2.32 bits per heavy atom. The quantitative estimate of drug-likeness (QED) is 0.764. The number of nitrogens with zero attached hydrogens (tertiary/aromatic N) is 1. The van der Waals surface area contributed by atoms with Crippen LogP contribution in [0.2, 0.25) is 0 Å². The number of anilines is 1. The van der Waals surface area contributed by atoms with Crippen molar-refractivity contribution in [2.75, 3.05) is 30.8 Å². The summed E-state index contributed by atoms with van der Waals surface area (Å²) in [5.41, 5.74) is -0.353. The summed E-state index contributed by atoms with van der Waals surface area (Å²) in [6.45, 7) is 5.12. The largest absolute Gasteiger partial charge is 0.465 e. The molecule has 8 nitrogen and oxygen atoms in total. The minimum absolute atomic E-state index is 0.0114. The molecule has 0 aliphatic rings. The number of rotatable bonds is 6. The van der Waals surface area contributed by atoms with Gasteiger partial charge < -0.3 is 14.8 Å². The van der Waals surface area contributed by atoms with Gasteiger partial charge in [-0.05, 0) is 32.9 Å². The molecule has 0 saturated heterocycles. The Morgan fingerprint density at radius 1 is 1.20 bits per heavy atom. The zero-order valence-corrected chi connectivity index (χ0v) is 15.8. The van der Waals surface area contributed by atoms with Crippen molar-refractivity contribution in [1.82, 2.24) is 5.32 Å². The number of amides is 1. The van der Waals surface area contributed by atoms with E-state index in [0.29, 0.717) is 0 Å². The van der Waals surface area contributed by atoms with E-state index in [1.54, 1.807) is 32.9 Å². The lowest BCUT2D eigenvalue weighted by molar-refractivity contribution is 0.0527. The molecule has 0 fully saturated rings. The van der Waals surface area contributed by atoms with Gasteiger partial charge in [0, 0.05) is 6.54 Å². The van der Waals surface area contributed by atoms with Gasteiger partial charge >= 0.3 is 12.1 Å². The maximum atomic E-state index is 12.1. The highest BCUT2D eigenvalue weighted by molar-refractivity contribution is 7.92. The lowest BCUT2D eigenvalue weighted by atomic mass is 10.2. The number of alkyl carbamates (subject to hydrolysis) is 1. The van der Waals surface area contributed by atoms with Crippen LogP contribution in [0.25, 0.3) is 0 Å². The lowest BCUT2D eigenvalue weighted by Crippen LogP contribution is -2.40. The molecule has 1 amide bonds. The van der Waals surface area contributed by atoms with E-state index in [4.69, 9.17) is 4.74 Å². The standard InChI is InChI=1S/C16H24N2O6S/c1-16(2,3)24-15(20)17-10-11-18(25(5,21)22)13-9-7-6-8-12(13)14(19)23-4/h6-9H,10-11H2,1-5H3,(H,17,20). The monoisotopic (exact) mass is 372 g/mol. The van der Waals surface area contributed by atoms with Crippen LogP contribution in [0.15, 0.2) is 24.3 Å². The number of hydrogen-bond donors (Lipinski definition) is 1. The molecular weight excluding hydrogens is 348 g/mol. The molecule has 0 aliphatic carbocycles. The predicted octanol–water partition coefficient (Wildman–Crippen LogP) is 1.76. The predicted molar refractivity (Wildman–Crippen MR) is 94.2 cm³/mol. The number of methoxy groups -OCH3 is 1.